The number of Topliss-reactive ketones (excluding diaryl/α,β-unsaturated/α-hetero) is 1. The summed E-state index contributed by atoms with van der Waals surface area (Å²) in [6.45, 7) is 7.54. The first kappa shape index (κ1) is 14.2. The molecule has 1 aliphatic heterocycles. The van der Waals surface area contributed by atoms with Crippen LogP contribution in [0.4, 0.5) is 4.39 Å². The van der Waals surface area contributed by atoms with Crippen LogP contribution in [0.1, 0.15) is 49.0 Å². The molecule has 1 aromatic carbocycles. The smallest absolute Gasteiger partial charge is 0.185 e. The van der Waals surface area contributed by atoms with E-state index in [0.717, 1.165) is 31.5 Å². The molecule has 1 aliphatic rings. The third-order valence-electron chi connectivity index (χ3n) is 4.07. The molecule has 0 aliphatic carbocycles. The lowest BCUT2D eigenvalue weighted by Gasteiger charge is -2.39. The summed E-state index contributed by atoms with van der Waals surface area (Å²) in [7, 11) is 0. The van der Waals surface area contributed by atoms with Crippen molar-refractivity contribution in [3.8, 4) is 0 Å². The summed E-state index contributed by atoms with van der Waals surface area (Å²) in [6, 6.07) is 4.73. The van der Waals surface area contributed by atoms with Gasteiger partial charge in [0.2, 0.25) is 0 Å². The highest BCUT2D eigenvalue weighted by molar-refractivity contribution is 6.03. The Morgan fingerprint density at radius 2 is 1.84 bits per heavy atom. The van der Waals surface area contributed by atoms with Crippen molar-refractivity contribution in [3.05, 3.63) is 35.1 Å². The van der Waals surface area contributed by atoms with Crippen LogP contribution in [0.5, 0.6) is 0 Å². The van der Waals surface area contributed by atoms with Gasteiger partial charge in [-0.3, -0.25) is 9.69 Å². The highest BCUT2D eigenvalue weighted by Crippen LogP contribution is 2.26. The van der Waals surface area contributed by atoms with Crippen molar-refractivity contribution in [1.29, 1.82) is 0 Å². The molecular formula is C16H22FNO. The van der Waals surface area contributed by atoms with E-state index in [2.05, 4.69) is 4.90 Å². The first-order valence-electron chi connectivity index (χ1n) is 6.99. The van der Waals surface area contributed by atoms with E-state index in [-0.39, 0.29) is 11.3 Å². The molecule has 0 N–H and O–H groups in total. The van der Waals surface area contributed by atoms with E-state index in [1.54, 1.807) is 12.1 Å². The molecule has 0 radical (unpaired) electrons. The van der Waals surface area contributed by atoms with Gasteiger partial charge in [-0.15, -0.1) is 0 Å². The van der Waals surface area contributed by atoms with Crippen molar-refractivity contribution in [2.24, 2.45) is 0 Å². The predicted octanol–water partition coefficient (Wildman–Crippen LogP) is 3.58. The standard InChI is InChI=1S/C16H22FNO/c1-12-7-8-14(17)13(11-12)15(19)16(2,3)18-9-5-4-6-10-18/h7-8,11H,4-6,9-10H2,1-3H3. The van der Waals surface area contributed by atoms with E-state index in [0.29, 0.717) is 0 Å². The molecule has 1 aromatic rings. The van der Waals surface area contributed by atoms with Crippen LogP contribution in [0.2, 0.25) is 0 Å². The fraction of sp³-hybridized carbons (Fsp3) is 0.562. The van der Waals surface area contributed by atoms with Gasteiger partial charge < -0.3 is 0 Å². The van der Waals surface area contributed by atoms with E-state index < -0.39 is 11.4 Å². The number of carbonyl (C=O) groups is 1. The number of ketones is 1. The Morgan fingerprint density at radius 3 is 2.47 bits per heavy atom. The second kappa shape index (κ2) is 5.41. The monoisotopic (exact) mass is 263 g/mol. The average molecular weight is 263 g/mol. The maximum atomic E-state index is 13.9. The summed E-state index contributed by atoms with van der Waals surface area (Å²) in [5, 5.41) is 0. The van der Waals surface area contributed by atoms with Crippen LogP contribution in [0, 0.1) is 12.7 Å². The SMILES string of the molecule is Cc1ccc(F)c(C(=O)C(C)(C)N2CCCCC2)c1. The number of hydrogen-bond donors (Lipinski definition) is 0. The molecule has 1 fully saturated rings. The lowest BCUT2D eigenvalue weighted by molar-refractivity contribution is 0.0575. The molecule has 0 atom stereocenters. The number of halogens is 1. The number of nitrogens with zero attached hydrogens (tertiary/aromatic N) is 1. The van der Waals surface area contributed by atoms with E-state index in [4.69, 9.17) is 0 Å². The van der Waals surface area contributed by atoms with Gasteiger partial charge in [-0.1, -0.05) is 18.1 Å². The van der Waals surface area contributed by atoms with Crippen LogP contribution in [-0.2, 0) is 0 Å². The number of benzene rings is 1. The zero-order valence-electron chi connectivity index (χ0n) is 12.0. The Morgan fingerprint density at radius 1 is 1.21 bits per heavy atom. The van der Waals surface area contributed by atoms with Gasteiger partial charge in [-0.25, -0.2) is 4.39 Å². The summed E-state index contributed by atoms with van der Waals surface area (Å²) in [4.78, 5) is 14.8. The molecule has 1 saturated heterocycles. The Hall–Kier alpha value is -1.22. The summed E-state index contributed by atoms with van der Waals surface area (Å²) < 4.78 is 13.9. The third-order valence-corrected chi connectivity index (χ3v) is 4.07. The Kier molecular flexibility index (Phi) is 4.04. The molecule has 104 valence electrons. The summed E-state index contributed by atoms with van der Waals surface area (Å²) in [5.74, 6) is -0.531. The third kappa shape index (κ3) is 2.86. The number of hydrogen-bond acceptors (Lipinski definition) is 2. The topological polar surface area (TPSA) is 20.3 Å². The quantitative estimate of drug-likeness (QED) is 0.777. The molecule has 0 saturated carbocycles. The molecule has 2 rings (SSSR count). The average Bonchev–Trinajstić information content (AvgIpc) is 2.41. The zero-order valence-corrected chi connectivity index (χ0v) is 12.0. The van der Waals surface area contributed by atoms with Crippen LogP contribution in [0.25, 0.3) is 0 Å². The van der Waals surface area contributed by atoms with Crippen LogP contribution in [0.3, 0.4) is 0 Å². The summed E-state index contributed by atoms with van der Waals surface area (Å²) in [6.07, 6.45) is 3.46. The minimum Gasteiger partial charge on any atom is -0.292 e. The minimum absolute atomic E-state index is 0.115. The highest BCUT2D eigenvalue weighted by atomic mass is 19.1. The Labute approximate surface area is 114 Å². The molecular weight excluding hydrogens is 241 g/mol. The number of likely N-dealkylation sites (tertiary alicyclic amines) is 1. The van der Waals surface area contributed by atoms with Crippen LogP contribution in [0.15, 0.2) is 18.2 Å². The van der Waals surface area contributed by atoms with Crippen LogP contribution < -0.4 is 0 Å². The molecule has 19 heavy (non-hydrogen) atoms. The second-order valence-electron chi connectivity index (χ2n) is 5.92. The minimum atomic E-state index is -0.630. The number of piperidine rings is 1. The molecule has 0 bridgehead atoms. The van der Waals surface area contributed by atoms with Crippen molar-refractivity contribution in [2.45, 2.75) is 45.6 Å². The zero-order chi connectivity index (χ0) is 14.0. The van der Waals surface area contributed by atoms with Crippen LogP contribution in [-0.4, -0.2) is 29.3 Å². The molecule has 3 heteroatoms. The van der Waals surface area contributed by atoms with Gasteiger partial charge in [0, 0.05) is 0 Å². The van der Waals surface area contributed by atoms with Gasteiger partial charge in [0.1, 0.15) is 5.82 Å². The van der Waals surface area contributed by atoms with E-state index in [1.807, 2.05) is 20.8 Å². The van der Waals surface area contributed by atoms with E-state index >= 15 is 0 Å². The number of aryl methyl sites for hydroxylation is 1. The van der Waals surface area contributed by atoms with Gasteiger partial charge in [0.25, 0.3) is 0 Å². The first-order chi connectivity index (χ1) is 8.93. The lowest BCUT2D eigenvalue weighted by Crippen LogP contribution is -2.52. The molecule has 2 nitrogen and oxygen atoms in total. The summed E-state index contributed by atoms with van der Waals surface area (Å²) in [5.41, 5.74) is 0.504. The number of carbonyl (C=O) groups excluding carboxylic acids is 1. The molecule has 0 amide bonds. The van der Waals surface area contributed by atoms with Gasteiger partial charge in [0.15, 0.2) is 5.78 Å². The van der Waals surface area contributed by atoms with Gasteiger partial charge >= 0.3 is 0 Å². The fourth-order valence-electron chi connectivity index (χ4n) is 2.74. The fourth-order valence-corrected chi connectivity index (χ4v) is 2.74. The van der Waals surface area contributed by atoms with Gasteiger partial charge in [0.05, 0.1) is 11.1 Å². The van der Waals surface area contributed by atoms with Gasteiger partial charge in [-0.2, -0.15) is 0 Å². The van der Waals surface area contributed by atoms with E-state index in [9.17, 15) is 9.18 Å². The molecule has 0 spiro atoms. The highest BCUT2D eigenvalue weighted by Gasteiger charge is 2.36. The van der Waals surface area contributed by atoms with Crippen molar-refractivity contribution in [3.63, 3.8) is 0 Å². The molecule has 1 heterocycles. The Balaban J connectivity index is 2.28. The molecule has 0 aromatic heterocycles. The van der Waals surface area contributed by atoms with Crippen molar-refractivity contribution < 1.29 is 9.18 Å². The largest absolute Gasteiger partial charge is 0.292 e. The lowest BCUT2D eigenvalue weighted by atomic mass is 9.88. The summed E-state index contributed by atoms with van der Waals surface area (Å²) >= 11 is 0. The Bertz CT molecular complexity index is 476. The van der Waals surface area contributed by atoms with Gasteiger partial charge in [-0.05, 0) is 58.8 Å². The predicted molar refractivity (Wildman–Crippen MR) is 75.0 cm³/mol. The molecule has 0 unspecified atom stereocenters. The maximum Gasteiger partial charge on any atom is 0.185 e. The van der Waals surface area contributed by atoms with E-state index in [1.165, 1.54) is 12.5 Å². The second-order valence-corrected chi connectivity index (χ2v) is 5.92. The van der Waals surface area contributed by atoms with Crippen molar-refractivity contribution in [2.75, 3.05) is 13.1 Å². The normalized spacial score (nSPS) is 17.5. The van der Waals surface area contributed by atoms with Crippen molar-refractivity contribution in [1.82, 2.24) is 4.90 Å². The van der Waals surface area contributed by atoms with Crippen LogP contribution >= 0.6 is 0 Å². The first-order valence-corrected chi connectivity index (χ1v) is 6.99. The number of rotatable bonds is 3. The van der Waals surface area contributed by atoms with Crippen molar-refractivity contribution >= 4 is 5.78 Å². The maximum absolute atomic E-state index is 13.9.